The van der Waals surface area contributed by atoms with E-state index in [4.69, 9.17) is 9.26 Å². The largest absolute Gasteiger partial charge is 0.452 e. The summed E-state index contributed by atoms with van der Waals surface area (Å²) < 4.78 is 10.3. The molecule has 1 aromatic carbocycles. The van der Waals surface area contributed by atoms with Crippen LogP contribution in [0, 0.1) is 13.8 Å². The van der Waals surface area contributed by atoms with Gasteiger partial charge in [-0.3, -0.25) is 0 Å². The van der Waals surface area contributed by atoms with Crippen molar-refractivity contribution in [3.05, 3.63) is 57.6 Å². The Balaban J connectivity index is 1.66. The molecule has 0 atom stereocenters. The molecule has 2 heterocycles. The summed E-state index contributed by atoms with van der Waals surface area (Å²) in [7, 11) is 0. The van der Waals surface area contributed by atoms with Gasteiger partial charge < -0.3 is 9.26 Å². The molecular formula is C16H14N2O3S. The summed E-state index contributed by atoms with van der Waals surface area (Å²) in [6, 6.07) is 11.3. The Labute approximate surface area is 131 Å². The Kier molecular flexibility index (Phi) is 4.02. The number of hydrogen-bond donors (Lipinski definition) is 0. The molecule has 0 amide bonds. The maximum absolute atomic E-state index is 12.0. The van der Waals surface area contributed by atoms with Gasteiger partial charge in [-0.1, -0.05) is 35.5 Å². The van der Waals surface area contributed by atoms with E-state index in [9.17, 15) is 4.79 Å². The van der Waals surface area contributed by atoms with Crippen LogP contribution < -0.4 is 0 Å². The molecule has 0 saturated heterocycles. The van der Waals surface area contributed by atoms with Gasteiger partial charge in [0.2, 0.25) is 5.82 Å². The van der Waals surface area contributed by atoms with Gasteiger partial charge in [0.15, 0.2) is 6.61 Å². The number of rotatable bonds is 4. The highest BCUT2D eigenvalue weighted by atomic mass is 32.1. The molecule has 0 radical (unpaired) electrons. The van der Waals surface area contributed by atoms with Crippen LogP contribution in [0.3, 0.4) is 0 Å². The highest BCUT2D eigenvalue weighted by Crippen LogP contribution is 2.22. The first-order valence-corrected chi connectivity index (χ1v) is 7.57. The summed E-state index contributed by atoms with van der Waals surface area (Å²) >= 11 is 1.57. The van der Waals surface area contributed by atoms with Crippen LogP contribution in [0.1, 0.15) is 26.0 Å². The van der Waals surface area contributed by atoms with Crippen molar-refractivity contribution in [3.8, 4) is 11.4 Å². The molecule has 3 aromatic rings. The fourth-order valence-electron chi connectivity index (χ4n) is 2.06. The first-order chi connectivity index (χ1) is 10.6. The van der Waals surface area contributed by atoms with Crippen LogP contribution in [0.4, 0.5) is 0 Å². The molecule has 3 rings (SSSR count). The van der Waals surface area contributed by atoms with Crippen LogP contribution in [-0.4, -0.2) is 16.1 Å². The highest BCUT2D eigenvalue weighted by Gasteiger charge is 2.15. The van der Waals surface area contributed by atoms with Gasteiger partial charge >= 0.3 is 5.97 Å². The van der Waals surface area contributed by atoms with E-state index in [2.05, 4.69) is 10.1 Å². The van der Waals surface area contributed by atoms with Gasteiger partial charge in [-0.25, -0.2) is 4.79 Å². The molecule has 2 aromatic heterocycles. The Hall–Kier alpha value is -2.47. The molecule has 0 N–H and O–H groups in total. The fourth-order valence-corrected chi connectivity index (χ4v) is 2.97. The number of esters is 1. The normalized spacial score (nSPS) is 10.6. The van der Waals surface area contributed by atoms with E-state index in [0.29, 0.717) is 11.4 Å². The molecule has 112 valence electrons. The summed E-state index contributed by atoms with van der Waals surface area (Å²) in [5.41, 5.74) is 1.44. The lowest BCUT2D eigenvalue weighted by Crippen LogP contribution is -2.05. The summed E-state index contributed by atoms with van der Waals surface area (Å²) in [6.45, 7) is 3.82. The van der Waals surface area contributed by atoms with Crippen LogP contribution in [0.5, 0.6) is 0 Å². The number of aryl methyl sites for hydroxylation is 2. The molecule has 0 bridgehead atoms. The first kappa shape index (κ1) is 14.5. The van der Waals surface area contributed by atoms with Gasteiger partial charge in [0.1, 0.15) is 0 Å². The zero-order valence-corrected chi connectivity index (χ0v) is 13.0. The van der Waals surface area contributed by atoms with Crippen LogP contribution in [0.25, 0.3) is 11.4 Å². The molecule has 0 unspecified atom stereocenters. The maximum atomic E-state index is 12.0. The Morgan fingerprint density at radius 2 is 2.05 bits per heavy atom. The van der Waals surface area contributed by atoms with Crippen molar-refractivity contribution >= 4 is 17.3 Å². The molecule has 0 aliphatic carbocycles. The van der Waals surface area contributed by atoms with E-state index in [0.717, 1.165) is 15.3 Å². The fraction of sp³-hybridized carbons (Fsp3) is 0.188. The number of nitrogens with zero attached hydrogens (tertiary/aromatic N) is 2. The van der Waals surface area contributed by atoms with E-state index in [-0.39, 0.29) is 18.5 Å². The number of benzene rings is 1. The first-order valence-electron chi connectivity index (χ1n) is 6.75. The molecule has 0 aliphatic heterocycles. The van der Waals surface area contributed by atoms with Crippen molar-refractivity contribution in [2.75, 3.05) is 0 Å². The molecule has 22 heavy (non-hydrogen) atoms. The predicted molar refractivity (Wildman–Crippen MR) is 82.6 cm³/mol. The average molecular weight is 314 g/mol. The van der Waals surface area contributed by atoms with Crippen molar-refractivity contribution < 1.29 is 14.1 Å². The van der Waals surface area contributed by atoms with Crippen molar-refractivity contribution in [3.63, 3.8) is 0 Å². The molecule has 0 aliphatic rings. The quantitative estimate of drug-likeness (QED) is 0.686. The predicted octanol–water partition coefficient (Wildman–Crippen LogP) is 3.77. The summed E-state index contributed by atoms with van der Waals surface area (Å²) in [4.78, 5) is 18.3. The summed E-state index contributed by atoms with van der Waals surface area (Å²) in [5.74, 6) is 0.382. The van der Waals surface area contributed by atoms with Gasteiger partial charge in [-0.2, -0.15) is 4.98 Å². The number of ether oxygens (including phenoxy) is 1. The zero-order chi connectivity index (χ0) is 15.5. The van der Waals surface area contributed by atoms with Crippen molar-refractivity contribution in [1.29, 1.82) is 0 Å². The van der Waals surface area contributed by atoms with E-state index in [1.54, 1.807) is 11.3 Å². The minimum absolute atomic E-state index is 0.0347. The Bertz CT molecular complexity index is 793. The van der Waals surface area contributed by atoms with E-state index in [1.165, 1.54) is 0 Å². The molecule has 0 spiro atoms. The van der Waals surface area contributed by atoms with E-state index >= 15 is 0 Å². The van der Waals surface area contributed by atoms with Crippen LogP contribution in [-0.2, 0) is 11.3 Å². The van der Waals surface area contributed by atoms with Crippen LogP contribution >= 0.6 is 11.3 Å². The Morgan fingerprint density at radius 1 is 1.27 bits per heavy atom. The van der Waals surface area contributed by atoms with Gasteiger partial charge in [-0.05, 0) is 19.9 Å². The molecule has 0 saturated carbocycles. The van der Waals surface area contributed by atoms with Gasteiger partial charge in [0.05, 0.1) is 5.56 Å². The third-order valence-corrected chi connectivity index (χ3v) is 4.05. The van der Waals surface area contributed by atoms with E-state index in [1.807, 2.05) is 50.2 Å². The van der Waals surface area contributed by atoms with Gasteiger partial charge in [0, 0.05) is 15.3 Å². The van der Waals surface area contributed by atoms with Gasteiger partial charge in [-0.15, -0.1) is 11.3 Å². The zero-order valence-electron chi connectivity index (χ0n) is 12.2. The Morgan fingerprint density at radius 3 is 2.73 bits per heavy atom. The lowest BCUT2D eigenvalue weighted by atomic mass is 10.2. The standard InChI is InChI=1S/C16H14N2O3S/c1-10-8-13(11(2)22-10)16(19)20-9-14-17-15(18-21-14)12-6-4-3-5-7-12/h3-8H,9H2,1-2H3. The molecular weight excluding hydrogens is 300 g/mol. The molecule has 6 heteroatoms. The number of carbonyl (C=O) groups is 1. The summed E-state index contributed by atoms with van der Waals surface area (Å²) in [5, 5.41) is 3.88. The third kappa shape index (κ3) is 3.07. The van der Waals surface area contributed by atoms with Crippen molar-refractivity contribution in [1.82, 2.24) is 10.1 Å². The van der Waals surface area contributed by atoms with Gasteiger partial charge in [0.25, 0.3) is 5.89 Å². The van der Waals surface area contributed by atoms with Crippen LogP contribution in [0.2, 0.25) is 0 Å². The summed E-state index contributed by atoms with van der Waals surface area (Å²) in [6.07, 6.45) is 0. The number of hydrogen-bond acceptors (Lipinski definition) is 6. The second-order valence-corrected chi connectivity index (χ2v) is 6.24. The van der Waals surface area contributed by atoms with Crippen molar-refractivity contribution in [2.24, 2.45) is 0 Å². The minimum Gasteiger partial charge on any atom is -0.452 e. The highest BCUT2D eigenvalue weighted by molar-refractivity contribution is 7.12. The van der Waals surface area contributed by atoms with Crippen molar-refractivity contribution in [2.45, 2.75) is 20.5 Å². The third-order valence-electron chi connectivity index (χ3n) is 3.09. The monoisotopic (exact) mass is 314 g/mol. The second kappa shape index (κ2) is 6.11. The molecule has 5 nitrogen and oxygen atoms in total. The smallest absolute Gasteiger partial charge is 0.339 e. The topological polar surface area (TPSA) is 65.2 Å². The minimum atomic E-state index is -0.374. The lowest BCUT2D eigenvalue weighted by Gasteiger charge is -2.00. The lowest BCUT2D eigenvalue weighted by molar-refractivity contribution is 0.0429. The van der Waals surface area contributed by atoms with Crippen LogP contribution in [0.15, 0.2) is 40.9 Å². The number of thiophene rings is 1. The SMILES string of the molecule is Cc1cc(C(=O)OCc2nc(-c3ccccc3)no2)c(C)s1. The van der Waals surface area contributed by atoms with E-state index < -0.39 is 0 Å². The average Bonchev–Trinajstić information content (AvgIpc) is 3.12. The second-order valence-electron chi connectivity index (χ2n) is 4.78. The molecule has 0 fully saturated rings. The number of aromatic nitrogens is 2. The maximum Gasteiger partial charge on any atom is 0.339 e. The number of carbonyl (C=O) groups excluding carboxylic acids is 1.